The molecule has 1 atom stereocenters. The molecule has 0 aromatic carbocycles. The summed E-state index contributed by atoms with van der Waals surface area (Å²) in [6.45, 7) is 7.33. The van der Waals surface area contributed by atoms with Gasteiger partial charge in [-0.2, -0.15) is 0 Å². The predicted octanol–water partition coefficient (Wildman–Crippen LogP) is 2.66. The van der Waals surface area contributed by atoms with Crippen LogP contribution in [0.1, 0.15) is 27.7 Å². The van der Waals surface area contributed by atoms with Crippen LogP contribution in [0.25, 0.3) is 0 Å². The summed E-state index contributed by atoms with van der Waals surface area (Å²) in [5.41, 5.74) is -0.0742. The minimum absolute atomic E-state index is 0.0526. The summed E-state index contributed by atoms with van der Waals surface area (Å²) in [6.07, 6.45) is -0.0526. The van der Waals surface area contributed by atoms with Crippen molar-refractivity contribution in [2.24, 2.45) is 0 Å². The molecule has 0 aromatic heterocycles. The molecule has 0 amide bonds. The van der Waals surface area contributed by atoms with Crippen molar-refractivity contribution >= 4 is 7.60 Å². The third kappa shape index (κ3) is 3.37. The first kappa shape index (κ1) is 11.2. The van der Waals surface area contributed by atoms with Crippen LogP contribution in [-0.2, 0) is 13.6 Å². The van der Waals surface area contributed by atoms with Crippen LogP contribution in [0.3, 0.4) is 0 Å². The average molecular weight is 180 g/mol. The van der Waals surface area contributed by atoms with Crippen molar-refractivity contribution in [2.45, 2.75) is 39.5 Å². The molecular weight excluding hydrogens is 163 g/mol. The standard InChI is InChI=1S/C7H17O3P/c1-6(2)10-11(8,9-5)7(3)4/h6-7H,1-5H3. The van der Waals surface area contributed by atoms with E-state index in [-0.39, 0.29) is 11.8 Å². The van der Waals surface area contributed by atoms with Crippen molar-refractivity contribution in [2.75, 3.05) is 7.11 Å². The molecule has 0 aromatic rings. The fourth-order valence-electron chi connectivity index (χ4n) is 0.669. The maximum Gasteiger partial charge on any atom is 0.333 e. The molecule has 0 aliphatic carbocycles. The van der Waals surface area contributed by atoms with Gasteiger partial charge in [0.25, 0.3) is 0 Å². The molecule has 0 spiro atoms. The van der Waals surface area contributed by atoms with Gasteiger partial charge >= 0.3 is 7.60 Å². The van der Waals surface area contributed by atoms with E-state index in [1.807, 2.05) is 27.7 Å². The average Bonchev–Trinajstić information content (AvgIpc) is 1.86. The molecular formula is C7H17O3P. The van der Waals surface area contributed by atoms with E-state index < -0.39 is 7.60 Å². The Balaban J connectivity index is 4.24. The van der Waals surface area contributed by atoms with Crippen molar-refractivity contribution in [3.63, 3.8) is 0 Å². The molecule has 0 saturated heterocycles. The molecule has 68 valence electrons. The zero-order valence-corrected chi connectivity index (χ0v) is 8.72. The van der Waals surface area contributed by atoms with Gasteiger partial charge in [-0.3, -0.25) is 4.57 Å². The Morgan fingerprint density at radius 1 is 1.18 bits per heavy atom. The zero-order chi connectivity index (χ0) is 9.07. The van der Waals surface area contributed by atoms with Gasteiger partial charge in [0, 0.05) is 7.11 Å². The second kappa shape index (κ2) is 4.24. The molecule has 1 unspecified atom stereocenters. The Hall–Kier alpha value is 0.150. The second-order valence-electron chi connectivity index (χ2n) is 2.97. The fraction of sp³-hybridized carbons (Fsp3) is 1.00. The molecule has 4 heteroatoms. The molecule has 0 aliphatic rings. The summed E-state index contributed by atoms with van der Waals surface area (Å²) < 4.78 is 21.7. The first-order valence-corrected chi connectivity index (χ1v) is 5.37. The lowest BCUT2D eigenvalue weighted by Crippen LogP contribution is -2.08. The molecule has 0 heterocycles. The highest BCUT2D eigenvalue weighted by Gasteiger charge is 2.28. The van der Waals surface area contributed by atoms with Crippen molar-refractivity contribution in [3.8, 4) is 0 Å². The van der Waals surface area contributed by atoms with Crippen LogP contribution in [0.15, 0.2) is 0 Å². The SMILES string of the molecule is COP(=O)(OC(C)C)C(C)C. The molecule has 0 N–H and O–H groups in total. The summed E-state index contributed by atoms with van der Waals surface area (Å²) in [7, 11) is -1.41. The lowest BCUT2D eigenvalue weighted by atomic mass is 10.5. The number of hydrogen-bond donors (Lipinski definition) is 0. The van der Waals surface area contributed by atoms with Crippen molar-refractivity contribution in [1.82, 2.24) is 0 Å². The van der Waals surface area contributed by atoms with E-state index in [1.54, 1.807) is 0 Å². The maximum absolute atomic E-state index is 11.6. The van der Waals surface area contributed by atoms with Gasteiger partial charge in [-0.05, 0) is 13.8 Å². The highest BCUT2D eigenvalue weighted by Crippen LogP contribution is 2.52. The van der Waals surface area contributed by atoms with Gasteiger partial charge in [0.15, 0.2) is 0 Å². The summed E-state index contributed by atoms with van der Waals surface area (Å²) in [4.78, 5) is 0. The lowest BCUT2D eigenvalue weighted by Gasteiger charge is -2.21. The van der Waals surface area contributed by atoms with Gasteiger partial charge in [-0.25, -0.2) is 0 Å². The van der Waals surface area contributed by atoms with Gasteiger partial charge in [0.2, 0.25) is 0 Å². The highest BCUT2D eigenvalue weighted by atomic mass is 31.2. The van der Waals surface area contributed by atoms with Crippen LogP contribution >= 0.6 is 7.60 Å². The Kier molecular flexibility index (Phi) is 4.30. The van der Waals surface area contributed by atoms with Crippen LogP contribution < -0.4 is 0 Å². The topological polar surface area (TPSA) is 35.5 Å². The first-order chi connectivity index (χ1) is 4.92. The molecule has 3 nitrogen and oxygen atoms in total. The van der Waals surface area contributed by atoms with Crippen molar-refractivity contribution < 1.29 is 13.6 Å². The normalized spacial score (nSPS) is 17.4. The highest BCUT2D eigenvalue weighted by molar-refractivity contribution is 7.54. The number of rotatable bonds is 4. The van der Waals surface area contributed by atoms with Gasteiger partial charge < -0.3 is 9.05 Å². The molecule has 0 rings (SSSR count). The summed E-state index contributed by atoms with van der Waals surface area (Å²) in [5, 5.41) is 0. The van der Waals surface area contributed by atoms with E-state index >= 15 is 0 Å². The Morgan fingerprint density at radius 2 is 1.64 bits per heavy atom. The quantitative estimate of drug-likeness (QED) is 0.624. The lowest BCUT2D eigenvalue weighted by molar-refractivity contribution is 0.183. The molecule has 0 aliphatic heterocycles. The first-order valence-electron chi connectivity index (χ1n) is 3.76. The fourth-order valence-corrected chi connectivity index (χ4v) is 2.01. The van der Waals surface area contributed by atoms with Gasteiger partial charge in [-0.15, -0.1) is 0 Å². The molecule has 0 radical (unpaired) electrons. The van der Waals surface area contributed by atoms with Crippen LogP contribution in [0.4, 0.5) is 0 Å². The largest absolute Gasteiger partial charge is 0.333 e. The van der Waals surface area contributed by atoms with E-state index in [1.165, 1.54) is 7.11 Å². The van der Waals surface area contributed by atoms with Crippen LogP contribution in [0, 0.1) is 0 Å². The van der Waals surface area contributed by atoms with Crippen LogP contribution in [0.2, 0.25) is 0 Å². The summed E-state index contributed by atoms with van der Waals surface area (Å²) in [5.74, 6) is 0. The summed E-state index contributed by atoms with van der Waals surface area (Å²) >= 11 is 0. The van der Waals surface area contributed by atoms with E-state index in [2.05, 4.69) is 0 Å². The third-order valence-electron chi connectivity index (χ3n) is 1.24. The monoisotopic (exact) mass is 180 g/mol. The predicted molar refractivity (Wildman–Crippen MR) is 46.0 cm³/mol. The third-order valence-corrected chi connectivity index (χ3v) is 3.73. The minimum Gasteiger partial charge on any atom is -0.312 e. The van der Waals surface area contributed by atoms with Gasteiger partial charge in [0.05, 0.1) is 11.8 Å². The zero-order valence-electron chi connectivity index (χ0n) is 7.83. The van der Waals surface area contributed by atoms with Gasteiger partial charge in [0.1, 0.15) is 0 Å². The van der Waals surface area contributed by atoms with Gasteiger partial charge in [-0.1, -0.05) is 13.8 Å². The molecule has 0 saturated carbocycles. The molecule has 0 bridgehead atoms. The smallest absolute Gasteiger partial charge is 0.312 e. The van der Waals surface area contributed by atoms with E-state index in [0.29, 0.717) is 0 Å². The molecule has 0 fully saturated rings. The van der Waals surface area contributed by atoms with Crippen LogP contribution in [0.5, 0.6) is 0 Å². The Bertz CT molecular complexity index is 154. The maximum atomic E-state index is 11.6. The summed E-state index contributed by atoms with van der Waals surface area (Å²) in [6, 6.07) is 0. The van der Waals surface area contributed by atoms with Crippen molar-refractivity contribution in [1.29, 1.82) is 0 Å². The Morgan fingerprint density at radius 3 is 1.73 bits per heavy atom. The second-order valence-corrected chi connectivity index (χ2v) is 5.66. The number of hydrogen-bond acceptors (Lipinski definition) is 3. The van der Waals surface area contributed by atoms with Crippen molar-refractivity contribution in [3.05, 3.63) is 0 Å². The van der Waals surface area contributed by atoms with E-state index in [4.69, 9.17) is 9.05 Å². The Labute approximate surface area is 68.6 Å². The molecule has 11 heavy (non-hydrogen) atoms. The van der Waals surface area contributed by atoms with E-state index in [9.17, 15) is 4.57 Å². The van der Waals surface area contributed by atoms with Crippen LogP contribution in [-0.4, -0.2) is 18.9 Å². The van der Waals surface area contributed by atoms with E-state index in [0.717, 1.165) is 0 Å². The minimum atomic E-state index is -2.83.